The number of hydrogen-bond acceptors (Lipinski definition) is 13. The molecule has 12 atom stereocenters. The molecule has 12 unspecified atom stereocenters. The minimum Gasteiger partial charge on any atom is -0.394 e. The SMILES string of the molecule is CC/C=C\C/C=C\C/C=C\C/C=C\C/C=C\C/C=C\C/C=C\C/C=C\C/C=C\CCCCCCCCCC(=O)NC(COC1OC(CO)C(OC2OC(CO)C(O)C(O)C2O)C(O)C1O)C(O)/C=C/CCCCCCCCCCCCCCCCCCC. The molecule has 2 rings (SSSR count). The molecule has 0 aromatic rings. The van der Waals surface area contributed by atoms with Crippen molar-refractivity contribution in [3.05, 3.63) is 122 Å². The Labute approximate surface area is 533 Å². The van der Waals surface area contributed by atoms with E-state index in [0.29, 0.717) is 6.42 Å². The van der Waals surface area contributed by atoms with Crippen molar-refractivity contribution in [2.24, 2.45) is 0 Å². The van der Waals surface area contributed by atoms with E-state index in [-0.39, 0.29) is 18.9 Å². The second-order valence-corrected chi connectivity index (χ2v) is 23.9. The quantitative estimate of drug-likeness (QED) is 0.0204. The molecule has 0 aromatic heterocycles. The molecule has 14 nitrogen and oxygen atoms in total. The standard InChI is InChI=1S/C74H125NO13/c1-3-5-7-9-11-13-15-17-19-21-23-24-25-26-27-28-29-30-31-32-33-34-35-36-37-38-40-42-44-46-48-50-52-54-56-58-66(79)75-62(63(78)57-55-53-51-49-47-45-43-41-39-22-20-18-16-14-12-10-8-6-4-2)61-85-73-71(84)69(82)72(65(60-77)87-73)88-74-70(83)68(81)67(80)64(59-76)86-74/h5,7,11,13,17,19,23-24,26-27,29-30,32-33,35-36,38,40,55,57,62-65,67-74,76-78,80-84H,3-4,6,8-10,12,14-16,18,20-22,25,28,31,34,37,39,41-54,56,58-61H2,1-2H3,(H,75,79)/b7-5-,13-11-,19-17-,24-23-,27-26-,30-29-,33-32-,36-35-,40-38-,57-55+. The Kier molecular flexibility index (Phi) is 52.4. The van der Waals surface area contributed by atoms with Gasteiger partial charge in [-0.1, -0.05) is 270 Å². The summed E-state index contributed by atoms with van der Waals surface area (Å²) in [4.78, 5) is 13.3. The van der Waals surface area contributed by atoms with E-state index in [0.717, 1.165) is 122 Å². The van der Waals surface area contributed by atoms with E-state index >= 15 is 0 Å². The van der Waals surface area contributed by atoms with E-state index in [1.54, 1.807) is 6.08 Å². The largest absolute Gasteiger partial charge is 0.394 e. The van der Waals surface area contributed by atoms with Gasteiger partial charge in [0.15, 0.2) is 12.6 Å². The number of ether oxygens (including phenoxy) is 4. The van der Waals surface area contributed by atoms with E-state index < -0.39 is 86.8 Å². The average molecular weight is 1240 g/mol. The number of allylic oxidation sites excluding steroid dienone is 19. The highest BCUT2D eigenvalue weighted by atomic mass is 16.7. The molecule has 2 saturated heterocycles. The molecule has 88 heavy (non-hydrogen) atoms. The second kappa shape index (κ2) is 57.3. The molecule has 0 saturated carbocycles. The highest BCUT2D eigenvalue weighted by molar-refractivity contribution is 5.76. The van der Waals surface area contributed by atoms with Crippen LogP contribution in [0.5, 0.6) is 0 Å². The Bertz CT molecular complexity index is 1940. The minimum atomic E-state index is -1.80. The normalized spacial score (nSPS) is 23.9. The van der Waals surface area contributed by atoms with Gasteiger partial charge >= 0.3 is 0 Å². The van der Waals surface area contributed by atoms with Crippen molar-refractivity contribution in [3.63, 3.8) is 0 Å². The molecule has 504 valence electrons. The Balaban J connectivity index is 1.69. The van der Waals surface area contributed by atoms with Gasteiger partial charge in [0, 0.05) is 6.42 Å². The first-order valence-electron chi connectivity index (χ1n) is 34.8. The lowest BCUT2D eigenvalue weighted by atomic mass is 9.97. The van der Waals surface area contributed by atoms with Crippen LogP contribution in [0.3, 0.4) is 0 Å². The summed E-state index contributed by atoms with van der Waals surface area (Å²) in [6.45, 7) is 2.68. The third kappa shape index (κ3) is 41.0. The maximum Gasteiger partial charge on any atom is 0.220 e. The van der Waals surface area contributed by atoms with Gasteiger partial charge in [0.1, 0.15) is 48.8 Å². The molecule has 1 amide bonds. The topological polar surface area (TPSA) is 228 Å². The van der Waals surface area contributed by atoms with Crippen LogP contribution in [-0.4, -0.2) is 140 Å². The van der Waals surface area contributed by atoms with E-state index in [9.17, 15) is 45.6 Å². The molecule has 2 fully saturated rings. The van der Waals surface area contributed by atoms with E-state index in [4.69, 9.17) is 18.9 Å². The summed E-state index contributed by atoms with van der Waals surface area (Å²) < 4.78 is 22.8. The van der Waals surface area contributed by atoms with Crippen molar-refractivity contribution in [2.45, 2.75) is 319 Å². The molecule has 2 aliphatic heterocycles. The van der Waals surface area contributed by atoms with Crippen LogP contribution >= 0.6 is 0 Å². The average Bonchev–Trinajstić information content (AvgIpc) is 1.84. The zero-order valence-electron chi connectivity index (χ0n) is 54.7. The van der Waals surface area contributed by atoms with Crippen LogP contribution in [0.15, 0.2) is 122 Å². The van der Waals surface area contributed by atoms with Gasteiger partial charge in [-0.3, -0.25) is 4.79 Å². The van der Waals surface area contributed by atoms with Gasteiger partial charge in [-0.25, -0.2) is 0 Å². The fourth-order valence-corrected chi connectivity index (χ4v) is 10.6. The first kappa shape index (κ1) is 80.5. The Morgan fingerprint density at radius 1 is 0.420 bits per heavy atom. The van der Waals surface area contributed by atoms with Gasteiger partial charge < -0.3 is 65.1 Å². The van der Waals surface area contributed by atoms with Gasteiger partial charge in [0.25, 0.3) is 0 Å². The molecule has 0 spiro atoms. The van der Waals surface area contributed by atoms with Crippen LogP contribution in [0, 0.1) is 0 Å². The summed E-state index contributed by atoms with van der Waals surface area (Å²) >= 11 is 0. The smallest absolute Gasteiger partial charge is 0.220 e. The molecule has 9 N–H and O–H groups in total. The Hall–Kier alpha value is -3.61. The Morgan fingerprint density at radius 3 is 1.20 bits per heavy atom. The lowest BCUT2D eigenvalue weighted by Gasteiger charge is -2.46. The van der Waals surface area contributed by atoms with Crippen LogP contribution in [-0.2, 0) is 23.7 Å². The second-order valence-electron chi connectivity index (χ2n) is 23.9. The fraction of sp³-hybridized carbons (Fsp3) is 0.716. The van der Waals surface area contributed by atoms with Crippen molar-refractivity contribution >= 4 is 5.91 Å². The first-order chi connectivity index (χ1) is 43.1. The monoisotopic (exact) mass is 1240 g/mol. The van der Waals surface area contributed by atoms with Crippen LogP contribution in [0.2, 0.25) is 0 Å². The summed E-state index contributed by atoms with van der Waals surface area (Å²) in [5.41, 5.74) is 0. The predicted octanol–water partition coefficient (Wildman–Crippen LogP) is 14.1. The summed E-state index contributed by atoms with van der Waals surface area (Å²) in [6, 6.07) is -0.930. The highest BCUT2D eigenvalue weighted by Crippen LogP contribution is 2.30. The van der Waals surface area contributed by atoms with Crippen LogP contribution < -0.4 is 5.32 Å². The number of aliphatic hydroxyl groups excluding tert-OH is 8. The number of rotatable bonds is 55. The zero-order valence-corrected chi connectivity index (χ0v) is 54.7. The van der Waals surface area contributed by atoms with Gasteiger partial charge in [-0.05, 0) is 89.9 Å². The fourth-order valence-electron chi connectivity index (χ4n) is 10.6. The molecular weight excluding hydrogens is 1110 g/mol. The number of carbonyl (C=O) groups is 1. The van der Waals surface area contributed by atoms with Gasteiger partial charge in [-0.15, -0.1) is 0 Å². The van der Waals surface area contributed by atoms with E-state index in [2.05, 4.69) is 129 Å². The summed E-state index contributed by atoms with van der Waals surface area (Å²) in [6.07, 6.45) is 66.6. The van der Waals surface area contributed by atoms with Gasteiger partial charge in [0.2, 0.25) is 5.91 Å². The maximum atomic E-state index is 13.3. The summed E-state index contributed by atoms with van der Waals surface area (Å²) in [5, 5.41) is 87.4. The van der Waals surface area contributed by atoms with Gasteiger partial charge in [-0.2, -0.15) is 0 Å². The molecule has 14 heteroatoms. The lowest BCUT2D eigenvalue weighted by Crippen LogP contribution is -2.65. The number of aliphatic hydroxyl groups is 8. The Morgan fingerprint density at radius 2 is 0.784 bits per heavy atom. The third-order valence-corrected chi connectivity index (χ3v) is 16.2. The van der Waals surface area contributed by atoms with Crippen LogP contribution in [0.25, 0.3) is 0 Å². The lowest BCUT2D eigenvalue weighted by molar-refractivity contribution is -0.359. The van der Waals surface area contributed by atoms with E-state index in [1.807, 2.05) is 6.08 Å². The predicted molar refractivity (Wildman–Crippen MR) is 359 cm³/mol. The molecule has 0 radical (unpaired) electrons. The van der Waals surface area contributed by atoms with Gasteiger partial charge in [0.05, 0.1) is 32.0 Å². The number of hydrogen-bond donors (Lipinski definition) is 9. The molecular formula is C74H125NO13. The number of carbonyl (C=O) groups excluding carboxylic acids is 1. The maximum absolute atomic E-state index is 13.3. The number of nitrogens with one attached hydrogen (secondary N) is 1. The summed E-state index contributed by atoms with van der Waals surface area (Å²) in [5.74, 6) is -0.254. The number of unbranched alkanes of at least 4 members (excludes halogenated alkanes) is 24. The molecule has 2 aliphatic rings. The van der Waals surface area contributed by atoms with Crippen LogP contribution in [0.4, 0.5) is 0 Å². The highest BCUT2D eigenvalue weighted by Gasteiger charge is 2.51. The zero-order chi connectivity index (χ0) is 63.8. The minimum absolute atomic E-state index is 0.254. The molecule has 2 heterocycles. The van der Waals surface area contributed by atoms with Crippen LogP contribution in [0.1, 0.15) is 245 Å². The van der Waals surface area contributed by atoms with Crippen molar-refractivity contribution in [1.29, 1.82) is 0 Å². The summed E-state index contributed by atoms with van der Waals surface area (Å²) in [7, 11) is 0. The van der Waals surface area contributed by atoms with Crippen molar-refractivity contribution in [1.82, 2.24) is 5.32 Å². The molecule has 0 bridgehead atoms. The molecule has 0 aromatic carbocycles. The number of amides is 1. The van der Waals surface area contributed by atoms with E-state index in [1.165, 1.54) is 96.3 Å². The molecule has 0 aliphatic carbocycles. The van der Waals surface area contributed by atoms with Crippen molar-refractivity contribution in [3.8, 4) is 0 Å². The van der Waals surface area contributed by atoms with Crippen molar-refractivity contribution < 1.29 is 64.6 Å². The third-order valence-electron chi connectivity index (χ3n) is 16.2. The first-order valence-corrected chi connectivity index (χ1v) is 34.8. The van der Waals surface area contributed by atoms with Crippen molar-refractivity contribution in [2.75, 3.05) is 19.8 Å².